The van der Waals surface area contributed by atoms with E-state index in [1.54, 1.807) is 12.1 Å². The van der Waals surface area contributed by atoms with Crippen molar-refractivity contribution in [1.29, 1.82) is 0 Å². The molecule has 0 unspecified atom stereocenters. The normalized spacial score (nSPS) is 18.0. The number of carbonyl (C=O) groups excluding carboxylic acids is 1. The molecule has 0 radical (unpaired) electrons. The lowest BCUT2D eigenvalue weighted by Gasteiger charge is -2.37. The van der Waals surface area contributed by atoms with Crippen molar-refractivity contribution in [1.82, 2.24) is 0 Å². The van der Waals surface area contributed by atoms with Crippen LogP contribution in [0.3, 0.4) is 0 Å². The molecule has 7 nitrogen and oxygen atoms in total. The number of fused-ring (bicyclic) bond motifs is 4. The van der Waals surface area contributed by atoms with E-state index in [-0.39, 0.29) is 11.1 Å². The SMILES string of the molecule is O=C(c1cc2cc3c4c(c2oc1=O)CCCN4CCC3)c1cc2cc3c4c(c2oc1=O)CCCN4CCC3. The Morgan fingerprint density at radius 2 is 1.03 bits per heavy atom. The van der Waals surface area contributed by atoms with Crippen LogP contribution in [0.1, 0.15) is 63.9 Å². The van der Waals surface area contributed by atoms with Gasteiger partial charge in [0.05, 0.1) is 0 Å². The lowest BCUT2D eigenvalue weighted by Crippen LogP contribution is -2.34. The highest BCUT2D eigenvalue weighted by Gasteiger charge is 2.30. The van der Waals surface area contributed by atoms with Gasteiger partial charge < -0.3 is 18.6 Å². The molecule has 38 heavy (non-hydrogen) atoms. The van der Waals surface area contributed by atoms with Crippen molar-refractivity contribution < 1.29 is 13.6 Å². The molecule has 6 heterocycles. The van der Waals surface area contributed by atoms with Crippen LogP contribution in [0.4, 0.5) is 11.4 Å². The van der Waals surface area contributed by atoms with Crippen LogP contribution < -0.4 is 21.1 Å². The molecular formula is C31H28N2O5. The molecule has 4 aromatic rings. The number of carbonyl (C=O) groups is 1. The fraction of sp³-hybridized carbons (Fsp3) is 0.387. The summed E-state index contributed by atoms with van der Waals surface area (Å²) >= 11 is 0. The Hall–Kier alpha value is -3.87. The third-order valence-electron chi connectivity index (χ3n) is 8.92. The zero-order chi connectivity index (χ0) is 25.5. The molecule has 7 heteroatoms. The van der Waals surface area contributed by atoms with Crippen molar-refractivity contribution in [3.8, 4) is 0 Å². The molecule has 4 aliphatic heterocycles. The summed E-state index contributed by atoms with van der Waals surface area (Å²) in [6.45, 7) is 4.08. The molecule has 2 aromatic heterocycles. The molecule has 2 aromatic carbocycles. The Kier molecular flexibility index (Phi) is 4.70. The molecule has 0 bridgehead atoms. The molecule has 0 fully saturated rings. The van der Waals surface area contributed by atoms with Gasteiger partial charge in [0.2, 0.25) is 5.78 Å². The predicted molar refractivity (Wildman–Crippen MR) is 146 cm³/mol. The average Bonchev–Trinajstić information content (AvgIpc) is 2.93. The first kappa shape index (κ1) is 22.1. The standard InChI is InChI=1S/C31H28N2O5/c34-27(23-15-19-13-17-5-1-9-32-11-3-7-21(25(17)32)28(19)37-30(23)35)24-16-20-14-18-6-2-10-33-12-4-8-22(26(18)33)29(20)38-31(24)36/h13-16H,1-12H2. The molecular weight excluding hydrogens is 480 g/mol. The van der Waals surface area contributed by atoms with Gasteiger partial charge >= 0.3 is 11.3 Å². The van der Waals surface area contributed by atoms with Crippen molar-refractivity contribution in [3.05, 3.63) is 78.5 Å². The van der Waals surface area contributed by atoms with Gasteiger partial charge in [-0.15, -0.1) is 0 Å². The number of ketones is 1. The highest BCUT2D eigenvalue weighted by atomic mass is 16.4. The number of nitrogens with zero attached hydrogens (tertiary/aromatic N) is 2. The predicted octanol–water partition coefficient (Wildman–Crippen LogP) is 4.53. The van der Waals surface area contributed by atoms with Crippen LogP contribution in [0.25, 0.3) is 21.9 Å². The summed E-state index contributed by atoms with van der Waals surface area (Å²) in [6.07, 6.45) is 7.83. The fourth-order valence-electron chi connectivity index (χ4n) is 7.35. The number of rotatable bonds is 2. The molecule has 0 saturated carbocycles. The molecule has 8 rings (SSSR count). The van der Waals surface area contributed by atoms with Crippen LogP contribution >= 0.6 is 0 Å². The van der Waals surface area contributed by atoms with Crippen molar-refractivity contribution in [2.45, 2.75) is 51.4 Å². The number of hydrogen-bond donors (Lipinski definition) is 0. The number of aryl methyl sites for hydroxylation is 4. The molecule has 0 amide bonds. The quantitative estimate of drug-likeness (QED) is 0.291. The summed E-state index contributed by atoms with van der Waals surface area (Å²) in [5, 5.41) is 1.49. The highest BCUT2D eigenvalue weighted by molar-refractivity contribution is 6.11. The maximum atomic E-state index is 13.7. The monoisotopic (exact) mass is 508 g/mol. The second kappa shape index (κ2) is 8.06. The van der Waals surface area contributed by atoms with Crippen LogP contribution in [0.2, 0.25) is 0 Å². The second-order valence-electron chi connectivity index (χ2n) is 11.2. The largest absolute Gasteiger partial charge is 0.422 e. The molecule has 192 valence electrons. The first-order valence-electron chi connectivity index (χ1n) is 13.9. The lowest BCUT2D eigenvalue weighted by molar-refractivity contribution is 0.103. The van der Waals surface area contributed by atoms with Crippen molar-refractivity contribution in [2.24, 2.45) is 0 Å². The average molecular weight is 509 g/mol. The van der Waals surface area contributed by atoms with Crippen molar-refractivity contribution >= 4 is 39.1 Å². The van der Waals surface area contributed by atoms with E-state index in [0.29, 0.717) is 11.2 Å². The summed E-state index contributed by atoms with van der Waals surface area (Å²) in [7, 11) is 0. The van der Waals surface area contributed by atoms with E-state index in [4.69, 9.17) is 8.83 Å². The van der Waals surface area contributed by atoms with Crippen LogP contribution in [-0.4, -0.2) is 32.0 Å². The van der Waals surface area contributed by atoms with Crippen LogP contribution in [-0.2, 0) is 25.7 Å². The third kappa shape index (κ3) is 3.11. The fourth-order valence-corrected chi connectivity index (χ4v) is 7.35. The smallest absolute Gasteiger partial charge is 0.347 e. The molecule has 0 aliphatic carbocycles. The van der Waals surface area contributed by atoms with Gasteiger partial charge in [0.15, 0.2) is 0 Å². The van der Waals surface area contributed by atoms with E-state index in [2.05, 4.69) is 21.9 Å². The number of anilines is 2. The maximum Gasteiger partial charge on any atom is 0.347 e. The minimum atomic E-state index is -0.706. The summed E-state index contributed by atoms with van der Waals surface area (Å²) in [6, 6.07) is 7.34. The van der Waals surface area contributed by atoms with Crippen LogP contribution in [0.15, 0.2) is 42.7 Å². The first-order valence-corrected chi connectivity index (χ1v) is 13.9. The minimum Gasteiger partial charge on any atom is -0.422 e. The molecule has 0 saturated heterocycles. The van der Waals surface area contributed by atoms with E-state index < -0.39 is 17.0 Å². The van der Waals surface area contributed by atoms with E-state index in [0.717, 1.165) is 99.4 Å². The Labute approximate surface area is 218 Å². The highest BCUT2D eigenvalue weighted by Crippen LogP contribution is 2.41. The Balaban J connectivity index is 1.28. The topological polar surface area (TPSA) is 84.0 Å². The molecule has 0 atom stereocenters. The Bertz CT molecular complexity index is 1680. The summed E-state index contributed by atoms with van der Waals surface area (Å²) in [5.41, 5.74) is 6.51. The van der Waals surface area contributed by atoms with Gasteiger partial charge in [-0.1, -0.05) is 0 Å². The van der Waals surface area contributed by atoms with E-state index >= 15 is 0 Å². The van der Waals surface area contributed by atoms with Crippen LogP contribution in [0, 0.1) is 0 Å². The summed E-state index contributed by atoms with van der Waals surface area (Å²) in [5.74, 6) is -0.641. The first-order chi connectivity index (χ1) is 18.6. The van der Waals surface area contributed by atoms with E-state index in [9.17, 15) is 14.4 Å². The zero-order valence-electron chi connectivity index (χ0n) is 21.2. The molecule has 0 N–H and O–H groups in total. The maximum absolute atomic E-state index is 13.7. The van der Waals surface area contributed by atoms with E-state index in [1.165, 1.54) is 22.5 Å². The number of benzene rings is 2. The van der Waals surface area contributed by atoms with Crippen molar-refractivity contribution in [3.63, 3.8) is 0 Å². The summed E-state index contributed by atoms with van der Waals surface area (Å²) in [4.78, 5) is 44.7. The van der Waals surface area contributed by atoms with Gasteiger partial charge in [-0.2, -0.15) is 0 Å². The molecule has 0 spiro atoms. The van der Waals surface area contributed by atoms with Gasteiger partial charge in [0.1, 0.15) is 22.3 Å². The number of hydrogen-bond acceptors (Lipinski definition) is 7. The zero-order valence-corrected chi connectivity index (χ0v) is 21.2. The lowest BCUT2D eigenvalue weighted by atomic mass is 9.89. The third-order valence-corrected chi connectivity index (χ3v) is 8.92. The summed E-state index contributed by atoms with van der Waals surface area (Å²) < 4.78 is 11.6. The van der Waals surface area contributed by atoms with E-state index in [1.807, 2.05) is 0 Å². The van der Waals surface area contributed by atoms with Gasteiger partial charge in [-0.25, -0.2) is 9.59 Å². The van der Waals surface area contributed by atoms with Gasteiger partial charge in [0, 0.05) is 59.5 Å². The Morgan fingerprint density at radius 1 is 0.605 bits per heavy atom. The Morgan fingerprint density at radius 3 is 1.47 bits per heavy atom. The van der Waals surface area contributed by atoms with Crippen LogP contribution in [0.5, 0.6) is 0 Å². The van der Waals surface area contributed by atoms with Gasteiger partial charge in [-0.3, -0.25) is 4.79 Å². The van der Waals surface area contributed by atoms with Crippen molar-refractivity contribution in [2.75, 3.05) is 36.0 Å². The van der Waals surface area contributed by atoms with Gasteiger partial charge in [0.25, 0.3) is 0 Å². The minimum absolute atomic E-state index is 0.120. The van der Waals surface area contributed by atoms with Gasteiger partial charge in [-0.05, 0) is 86.8 Å². The second-order valence-corrected chi connectivity index (χ2v) is 11.2. The molecule has 4 aliphatic rings.